The predicted octanol–water partition coefficient (Wildman–Crippen LogP) is 2.49. The lowest BCUT2D eigenvalue weighted by Gasteiger charge is -2.24. The summed E-state index contributed by atoms with van der Waals surface area (Å²) in [5.74, 6) is 0.350. The molecule has 2 aromatic rings. The molecule has 5 nitrogen and oxygen atoms in total. The van der Waals surface area contributed by atoms with Gasteiger partial charge < -0.3 is 5.32 Å². The Balaban J connectivity index is 2.33. The molecule has 0 saturated heterocycles. The highest BCUT2D eigenvalue weighted by molar-refractivity contribution is 7.98. The van der Waals surface area contributed by atoms with Gasteiger partial charge in [0.25, 0.3) is 5.56 Å². The molecule has 1 aliphatic heterocycles. The maximum absolute atomic E-state index is 13.0. The lowest BCUT2D eigenvalue weighted by molar-refractivity contribution is 0.103. The Morgan fingerprint density at radius 1 is 1.35 bits per heavy atom. The number of anilines is 1. The van der Waals surface area contributed by atoms with Gasteiger partial charge >= 0.3 is 0 Å². The lowest BCUT2D eigenvalue weighted by Crippen LogP contribution is -2.33. The SMILES string of the molecule is CSc1c(C(=O)c2ccccc2)c2n(c(=O)c1C#N)CCCN2. The summed E-state index contributed by atoms with van der Waals surface area (Å²) < 4.78 is 1.51. The van der Waals surface area contributed by atoms with Crippen LogP contribution in [0.2, 0.25) is 0 Å². The van der Waals surface area contributed by atoms with E-state index in [0.717, 1.165) is 6.42 Å². The van der Waals surface area contributed by atoms with Gasteiger partial charge in [-0.15, -0.1) is 11.8 Å². The standard InChI is InChI=1S/C17H15N3O2S/c1-23-15-12(10-18)17(22)20-9-5-8-19-16(20)13(15)14(21)11-6-3-2-4-7-11/h2-4,6-7,19H,5,8-9H2,1H3. The number of carbonyl (C=O) groups excluding carboxylic acids is 1. The second-order valence-electron chi connectivity index (χ2n) is 5.18. The number of nitrogens with zero attached hydrogens (tertiary/aromatic N) is 2. The Morgan fingerprint density at radius 2 is 2.09 bits per heavy atom. The van der Waals surface area contributed by atoms with Crippen LogP contribution < -0.4 is 10.9 Å². The number of fused-ring (bicyclic) bond motifs is 1. The molecule has 23 heavy (non-hydrogen) atoms. The minimum Gasteiger partial charge on any atom is -0.371 e. The molecule has 0 unspecified atom stereocenters. The summed E-state index contributed by atoms with van der Waals surface area (Å²) in [6, 6.07) is 10.9. The van der Waals surface area contributed by atoms with Crippen molar-refractivity contribution >= 4 is 23.4 Å². The van der Waals surface area contributed by atoms with Crippen LogP contribution in [0, 0.1) is 11.3 Å². The van der Waals surface area contributed by atoms with E-state index in [1.807, 2.05) is 12.1 Å². The van der Waals surface area contributed by atoms with Gasteiger partial charge in [0.05, 0.1) is 5.56 Å². The van der Waals surface area contributed by atoms with E-state index < -0.39 is 0 Å². The van der Waals surface area contributed by atoms with Crippen LogP contribution in [0.1, 0.15) is 27.9 Å². The second kappa shape index (κ2) is 6.31. The van der Waals surface area contributed by atoms with Crippen LogP contribution in [0.15, 0.2) is 40.0 Å². The molecule has 0 aliphatic carbocycles. The van der Waals surface area contributed by atoms with Crippen LogP contribution in [0.3, 0.4) is 0 Å². The van der Waals surface area contributed by atoms with E-state index in [1.54, 1.807) is 30.5 Å². The second-order valence-corrected chi connectivity index (χ2v) is 5.99. The molecule has 1 aliphatic rings. The minimum absolute atomic E-state index is 0.0456. The van der Waals surface area contributed by atoms with Crippen molar-refractivity contribution < 1.29 is 4.79 Å². The topological polar surface area (TPSA) is 74.9 Å². The molecule has 1 aromatic heterocycles. The number of rotatable bonds is 3. The molecule has 0 amide bonds. The van der Waals surface area contributed by atoms with Crippen molar-refractivity contribution in [3.8, 4) is 6.07 Å². The molecule has 0 atom stereocenters. The van der Waals surface area contributed by atoms with E-state index in [2.05, 4.69) is 5.32 Å². The van der Waals surface area contributed by atoms with Crippen LogP contribution >= 0.6 is 11.8 Å². The van der Waals surface area contributed by atoms with Crippen molar-refractivity contribution in [2.24, 2.45) is 0 Å². The van der Waals surface area contributed by atoms with E-state index >= 15 is 0 Å². The highest BCUT2D eigenvalue weighted by Crippen LogP contribution is 2.32. The Labute approximate surface area is 137 Å². The first kappa shape index (κ1) is 15.4. The highest BCUT2D eigenvalue weighted by Gasteiger charge is 2.27. The maximum atomic E-state index is 13.0. The zero-order chi connectivity index (χ0) is 16.4. The van der Waals surface area contributed by atoms with E-state index in [4.69, 9.17) is 0 Å². The minimum atomic E-state index is -0.330. The number of nitrogens with one attached hydrogen (secondary N) is 1. The first-order valence-corrected chi connectivity index (χ1v) is 8.50. The van der Waals surface area contributed by atoms with Gasteiger partial charge in [-0.2, -0.15) is 5.26 Å². The number of pyridine rings is 1. The Morgan fingerprint density at radius 3 is 2.74 bits per heavy atom. The molecule has 1 N–H and O–H groups in total. The van der Waals surface area contributed by atoms with Gasteiger partial charge in [-0.25, -0.2) is 0 Å². The molecule has 3 rings (SSSR count). The number of nitriles is 1. The van der Waals surface area contributed by atoms with Crippen molar-refractivity contribution in [3.05, 3.63) is 57.4 Å². The maximum Gasteiger partial charge on any atom is 0.271 e. The normalized spacial score (nSPS) is 12.9. The third-order valence-electron chi connectivity index (χ3n) is 3.85. The molecular weight excluding hydrogens is 310 g/mol. The van der Waals surface area contributed by atoms with Crippen molar-refractivity contribution in [2.45, 2.75) is 17.9 Å². The van der Waals surface area contributed by atoms with Gasteiger partial charge in [0.2, 0.25) is 0 Å². The Kier molecular flexibility index (Phi) is 4.22. The third-order valence-corrected chi connectivity index (χ3v) is 4.67. The Hall–Kier alpha value is -2.52. The molecule has 2 heterocycles. The monoisotopic (exact) mass is 325 g/mol. The fourth-order valence-electron chi connectivity index (χ4n) is 2.79. The van der Waals surface area contributed by atoms with Gasteiger partial charge in [-0.1, -0.05) is 30.3 Å². The van der Waals surface area contributed by atoms with Crippen LogP contribution in [0.5, 0.6) is 0 Å². The average Bonchev–Trinajstić information content (AvgIpc) is 2.61. The quantitative estimate of drug-likeness (QED) is 0.693. The van der Waals surface area contributed by atoms with Crippen molar-refractivity contribution in [1.29, 1.82) is 5.26 Å². The van der Waals surface area contributed by atoms with Gasteiger partial charge in [-0.3, -0.25) is 14.2 Å². The number of thioether (sulfide) groups is 1. The molecule has 0 saturated carbocycles. The zero-order valence-corrected chi connectivity index (χ0v) is 13.4. The Bertz CT molecular complexity index is 866. The third kappa shape index (κ3) is 2.53. The van der Waals surface area contributed by atoms with Crippen LogP contribution in [0.4, 0.5) is 5.82 Å². The predicted molar refractivity (Wildman–Crippen MR) is 90.2 cm³/mol. The van der Waals surface area contributed by atoms with Crippen LogP contribution in [0.25, 0.3) is 0 Å². The molecule has 0 radical (unpaired) electrons. The summed E-state index contributed by atoms with van der Waals surface area (Å²) >= 11 is 1.26. The first-order valence-electron chi connectivity index (χ1n) is 7.27. The van der Waals surface area contributed by atoms with Gasteiger partial charge in [0.15, 0.2) is 5.78 Å². The highest BCUT2D eigenvalue weighted by atomic mass is 32.2. The summed E-state index contributed by atoms with van der Waals surface area (Å²) in [5.41, 5.74) is 0.674. The fourth-order valence-corrected chi connectivity index (χ4v) is 3.52. The number of ketones is 1. The van der Waals surface area contributed by atoms with Crippen molar-refractivity contribution in [2.75, 3.05) is 18.1 Å². The summed E-state index contributed by atoms with van der Waals surface area (Å²) in [5, 5.41) is 12.6. The average molecular weight is 325 g/mol. The summed E-state index contributed by atoms with van der Waals surface area (Å²) in [7, 11) is 0. The van der Waals surface area contributed by atoms with Crippen molar-refractivity contribution in [3.63, 3.8) is 0 Å². The smallest absolute Gasteiger partial charge is 0.271 e. The van der Waals surface area contributed by atoms with E-state index in [0.29, 0.717) is 34.9 Å². The number of carbonyl (C=O) groups is 1. The van der Waals surface area contributed by atoms with E-state index in [1.165, 1.54) is 16.3 Å². The fraction of sp³-hybridized carbons (Fsp3) is 0.235. The van der Waals surface area contributed by atoms with Gasteiger partial charge in [-0.05, 0) is 12.7 Å². The van der Waals surface area contributed by atoms with Crippen LogP contribution in [-0.2, 0) is 6.54 Å². The number of hydrogen-bond donors (Lipinski definition) is 1. The first-order chi connectivity index (χ1) is 11.2. The number of hydrogen-bond acceptors (Lipinski definition) is 5. The largest absolute Gasteiger partial charge is 0.371 e. The lowest BCUT2D eigenvalue weighted by atomic mass is 10.0. The molecule has 6 heteroatoms. The zero-order valence-electron chi connectivity index (χ0n) is 12.6. The number of aromatic nitrogens is 1. The molecule has 116 valence electrons. The summed E-state index contributed by atoms with van der Waals surface area (Å²) in [6.07, 6.45) is 2.56. The summed E-state index contributed by atoms with van der Waals surface area (Å²) in [4.78, 5) is 26.0. The van der Waals surface area contributed by atoms with E-state index in [-0.39, 0.29) is 16.9 Å². The molecular formula is C17H15N3O2S. The molecule has 0 spiro atoms. The molecule has 0 fully saturated rings. The van der Waals surface area contributed by atoms with Gasteiger partial charge in [0.1, 0.15) is 17.5 Å². The van der Waals surface area contributed by atoms with E-state index in [9.17, 15) is 14.9 Å². The van der Waals surface area contributed by atoms with Gasteiger partial charge in [0, 0.05) is 23.5 Å². The van der Waals surface area contributed by atoms with Crippen LogP contribution in [-0.4, -0.2) is 23.2 Å². The summed E-state index contributed by atoms with van der Waals surface area (Å²) in [6.45, 7) is 1.22. The van der Waals surface area contributed by atoms with Crippen molar-refractivity contribution in [1.82, 2.24) is 4.57 Å². The number of benzene rings is 1. The molecule has 0 bridgehead atoms. The molecule has 1 aromatic carbocycles.